The molecule has 0 bridgehead atoms. The van der Waals surface area contributed by atoms with Gasteiger partial charge in [0.15, 0.2) is 0 Å². The summed E-state index contributed by atoms with van der Waals surface area (Å²) >= 11 is 17.8. The van der Waals surface area contributed by atoms with Crippen molar-refractivity contribution in [2.45, 2.75) is 19.3 Å². The monoisotopic (exact) mass is 428 g/mol. The number of alkyl halides is 3. The van der Waals surface area contributed by atoms with E-state index in [0.29, 0.717) is 5.02 Å². The van der Waals surface area contributed by atoms with Crippen LogP contribution in [0.25, 0.3) is 0 Å². The molecule has 0 radical (unpaired) electrons. The molecule has 0 saturated heterocycles. The zero-order chi connectivity index (χ0) is 19.5. The van der Waals surface area contributed by atoms with Gasteiger partial charge in [0, 0.05) is 17.4 Å². The number of hydrogen-bond acceptors (Lipinski definition) is 3. The lowest BCUT2D eigenvalue weighted by Crippen LogP contribution is -2.31. The molecule has 0 fully saturated rings. The summed E-state index contributed by atoms with van der Waals surface area (Å²) in [4.78, 5) is 17.6. The number of nitrogens with zero attached hydrogens (tertiary/aromatic N) is 3. The van der Waals surface area contributed by atoms with Crippen molar-refractivity contribution in [3.8, 4) is 0 Å². The molecule has 1 N–H and O–H groups in total. The quantitative estimate of drug-likeness (QED) is 0.737. The number of anilines is 1. The minimum absolute atomic E-state index is 0.0541. The van der Waals surface area contributed by atoms with Crippen molar-refractivity contribution in [1.82, 2.24) is 14.5 Å². The van der Waals surface area contributed by atoms with Gasteiger partial charge in [0.05, 0.1) is 28.8 Å². The third-order valence-corrected chi connectivity index (χ3v) is 4.06. The standard InChI is InChI=1S/C15H14Cl3F3N4O/c1-24(6-12-22-2-3-25(12)8-15(19,20)21)7-13(26)23-14-10(17)4-9(16)5-11(14)18/h2-5H,6-8H2,1H3,(H,23,26). The van der Waals surface area contributed by atoms with Gasteiger partial charge >= 0.3 is 6.18 Å². The molecule has 0 atom stereocenters. The number of benzene rings is 1. The molecular weight excluding hydrogens is 416 g/mol. The molecule has 142 valence electrons. The van der Waals surface area contributed by atoms with Gasteiger partial charge in [0.1, 0.15) is 12.4 Å². The first-order valence-corrected chi connectivity index (χ1v) is 8.38. The van der Waals surface area contributed by atoms with Crippen LogP contribution in [0.5, 0.6) is 0 Å². The lowest BCUT2D eigenvalue weighted by atomic mass is 10.3. The zero-order valence-electron chi connectivity index (χ0n) is 13.4. The van der Waals surface area contributed by atoms with E-state index >= 15 is 0 Å². The molecular formula is C15H14Cl3F3N4O. The molecule has 1 amide bonds. The van der Waals surface area contributed by atoms with E-state index in [1.165, 1.54) is 29.4 Å². The highest BCUT2D eigenvalue weighted by atomic mass is 35.5. The Hall–Kier alpha value is -1.48. The van der Waals surface area contributed by atoms with Crippen LogP contribution in [0.3, 0.4) is 0 Å². The van der Waals surface area contributed by atoms with E-state index in [-0.39, 0.29) is 34.6 Å². The summed E-state index contributed by atoms with van der Waals surface area (Å²) < 4.78 is 38.6. The Morgan fingerprint density at radius 3 is 2.46 bits per heavy atom. The van der Waals surface area contributed by atoms with Crippen molar-refractivity contribution < 1.29 is 18.0 Å². The molecule has 1 aromatic heterocycles. The molecule has 1 aromatic carbocycles. The van der Waals surface area contributed by atoms with Crippen molar-refractivity contribution in [2.75, 3.05) is 18.9 Å². The van der Waals surface area contributed by atoms with E-state index in [0.717, 1.165) is 4.57 Å². The number of nitrogens with one attached hydrogen (secondary N) is 1. The fourth-order valence-electron chi connectivity index (χ4n) is 2.21. The Morgan fingerprint density at radius 1 is 1.27 bits per heavy atom. The number of carbonyl (C=O) groups is 1. The minimum atomic E-state index is -4.35. The summed E-state index contributed by atoms with van der Waals surface area (Å²) in [5.41, 5.74) is 0.217. The van der Waals surface area contributed by atoms with Crippen LogP contribution < -0.4 is 5.32 Å². The van der Waals surface area contributed by atoms with E-state index < -0.39 is 18.6 Å². The van der Waals surface area contributed by atoms with Crippen molar-refractivity contribution in [3.63, 3.8) is 0 Å². The van der Waals surface area contributed by atoms with Gasteiger partial charge in [-0.25, -0.2) is 4.98 Å². The summed E-state index contributed by atoms with van der Waals surface area (Å²) in [5, 5.41) is 3.24. The van der Waals surface area contributed by atoms with Crippen molar-refractivity contribution in [1.29, 1.82) is 0 Å². The second-order valence-corrected chi connectivity index (χ2v) is 6.80. The Labute approximate surface area is 162 Å². The number of amides is 1. The molecule has 0 spiro atoms. The van der Waals surface area contributed by atoms with Gasteiger partial charge in [0.25, 0.3) is 0 Å². The summed E-state index contributed by atoms with van der Waals surface area (Å²) in [7, 11) is 1.58. The van der Waals surface area contributed by atoms with E-state index in [4.69, 9.17) is 34.8 Å². The first kappa shape index (κ1) is 20.8. The Balaban J connectivity index is 1.97. The molecule has 0 saturated carbocycles. The highest BCUT2D eigenvalue weighted by Gasteiger charge is 2.29. The van der Waals surface area contributed by atoms with Gasteiger partial charge in [-0.2, -0.15) is 13.2 Å². The highest BCUT2D eigenvalue weighted by Crippen LogP contribution is 2.33. The predicted molar refractivity (Wildman–Crippen MR) is 94.7 cm³/mol. The van der Waals surface area contributed by atoms with Crippen LogP contribution in [0.15, 0.2) is 24.5 Å². The summed E-state index contributed by atoms with van der Waals surface area (Å²) in [6.45, 7) is -1.19. The minimum Gasteiger partial charge on any atom is -0.325 e. The fraction of sp³-hybridized carbons (Fsp3) is 0.333. The number of likely N-dealkylation sites (N-methyl/N-ethyl adjacent to an activating group) is 1. The first-order chi connectivity index (χ1) is 12.0. The Bertz CT molecular complexity index is 772. The maximum absolute atomic E-state index is 12.5. The van der Waals surface area contributed by atoms with Gasteiger partial charge in [-0.1, -0.05) is 34.8 Å². The van der Waals surface area contributed by atoms with E-state index in [1.54, 1.807) is 7.05 Å². The number of rotatable bonds is 6. The third-order valence-electron chi connectivity index (χ3n) is 3.25. The first-order valence-electron chi connectivity index (χ1n) is 7.25. The summed E-state index contributed by atoms with van der Waals surface area (Å²) in [5.74, 6) is -0.243. The average molecular weight is 430 g/mol. The molecule has 26 heavy (non-hydrogen) atoms. The maximum atomic E-state index is 12.5. The van der Waals surface area contributed by atoms with Gasteiger partial charge in [0.2, 0.25) is 5.91 Å². The second-order valence-electron chi connectivity index (χ2n) is 5.55. The maximum Gasteiger partial charge on any atom is 0.406 e. The summed E-state index contributed by atoms with van der Waals surface area (Å²) in [6.07, 6.45) is -1.83. The lowest BCUT2D eigenvalue weighted by molar-refractivity contribution is -0.141. The van der Waals surface area contributed by atoms with Crippen LogP contribution in [-0.4, -0.2) is 40.1 Å². The summed E-state index contributed by atoms with van der Waals surface area (Å²) in [6, 6.07) is 2.87. The number of aromatic nitrogens is 2. The van der Waals surface area contributed by atoms with Crippen molar-refractivity contribution in [2.24, 2.45) is 0 Å². The number of carbonyl (C=O) groups excluding carboxylic acids is 1. The normalized spacial score (nSPS) is 11.8. The van der Waals surface area contributed by atoms with Crippen LogP contribution >= 0.6 is 34.8 Å². The average Bonchev–Trinajstić information content (AvgIpc) is 2.87. The molecule has 11 heteroatoms. The van der Waals surface area contributed by atoms with Crippen molar-refractivity contribution >= 4 is 46.4 Å². The van der Waals surface area contributed by atoms with Gasteiger partial charge in [-0.05, 0) is 19.2 Å². The highest BCUT2D eigenvalue weighted by molar-refractivity contribution is 6.42. The van der Waals surface area contributed by atoms with Crippen LogP contribution in [0.2, 0.25) is 15.1 Å². The molecule has 2 aromatic rings. The molecule has 1 heterocycles. The largest absolute Gasteiger partial charge is 0.406 e. The van der Waals surface area contributed by atoms with Gasteiger partial charge in [-0.3, -0.25) is 9.69 Å². The van der Waals surface area contributed by atoms with Gasteiger partial charge < -0.3 is 9.88 Å². The topological polar surface area (TPSA) is 50.2 Å². The van der Waals surface area contributed by atoms with Crippen LogP contribution in [0, 0.1) is 0 Å². The Morgan fingerprint density at radius 2 is 1.88 bits per heavy atom. The second kappa shape index (κ2) is 8.47. The van der Waals surface area contributed by atoms with E-state index in [2.05, 4.69) is 10.3 Å². The van der Waals surface area contributed by atoms with Crippen molar-refractivity contribution in [3.05, 3.63) is 45.4 Å². The van der Waals surface area contributed by atoms with E-state index in [1.807, 2.05) is 0 Å². The van der Waals surface area contributed by atoms with Crippen LogP contribution in [0.1, 0.15) is 5.82 Å². The molecule has 2 rings (SSSR count). The molecule has 0 aliphatic carbocycles. The Kier molecular flexibility index (Phi) is 6.79. The number of imidazole rings is 1. The number of hydrogen-bond donors (Lipinski definition) is 1. The molecule has 0 aliphatic heterocycles. The fourth-order valence-corrected chi connectivity index (χ4v) is 3.12. The number of halogens is 6. The van der Waals surface area contributed by atoms with Gasteiger partial charge in [-0.15, -0.1) is 0 Å². The molecule has 0 aliphatic rings. The lowest BCUT2D eigenvalue weighted by Gasteiger charge is -2.18. The van der Waals surface area contributed by atoms with Crippen LogP contribution in [-0.2, 0) is 17.9 Å². The third kappa shape index (κ3) is 6.05. The molecule has 0 unspecified atom stereocenters. The zero-order valence-corrected chi connectivity index (χ0v) is 15.7. The SMILES string of the molecule is CN(CC(=O)Nc1c(Cl)cc(Cl)cc1Cl)Cc1nccn1CC(F)(F)F. The smallest absolute Gasteiger partial charge is 0.325 e. The predicted octanol–water partition coefficient (Wildman–Crippen LogP) is 4.48. The van der Waals surface area contributed by atoms with Crippen LogP contribution in [0.4, 0.5) is 18.9 Å². The molecule has 5 nitrogen and oxygen atoms in total. The van der Waals surface area contributed by atoms with E-state index in [9.17, 15) is 18.0 Å².